The predicted octanol–water partition coefficient (Wildman–Crippen LogP) is -0.321. The molecule has 1 amide bonds. The average molecular weight is 248 g/mol. The van der Waals surface area contributed by atoms with Crippen molar-refractivity contribution in [2.24, 2.45) is 0 Å². The average Bonchev–Trinajstić information content (AvgIpc) is 3.01. The standard InChI is InChI=1S/C10H20N2O3S/c1-2-16(14,15)7-3-6-11-8-10(13)12-9-4-5-9/h9,11H,2-8H2,1H3,(H,12,13). The van der Waals surface area contributed by atoms with E-state index in [1.54, 1.807) is 6.92 Å². The highest BCUT2D eigenvalue weighted by molar-refractivity contribution is 7.91. The summed E-state index contributed by atoms with van der Waals surface area (Å²) in [4.78, 5) is 11.2. The van der Waals surface area contributed by atoms with Gasteiger partial charge in [0.15, 0.2) is 0 Å². The van der Waals surface area contributed by atoms with Crippen LogP contribution in [0.5, 0.6) is 0 Å². The van der Waals surface area contributed by atoms with E-state index in [0.717, 1.165) is 12.8 Å². The molecule has 2 N–H and O–H groups in total. The van der Waals surface area contributed by atoms with Crippen LogP contribution in [0.4, 0.5) is 0 Å². The molecule has 0 aromatic carbocycles. The first-order chi connectivity index (χ1) is 7.53. The number of hydrogen-bond donors (Lipinski definition) is 2. The largest absolute Gasteiger partial charge is 0.352 e. The van der Waals surface area contributed by atoms with Crippen molar-refractivity contribution in [2.45, 2.75) is 32.2 Å². The second kappa shape index (κ2) is 6.20. The molecule has 0 unspecified atom stereocenters. The van der Waals surface area contributed by atoms with Crippen LogP contribution in [0.2, 0.25) is 0 Å². The molecule has 0 spiro atoms. The highest BCUT2D eigenvalue weighted by atomic mass is 32.2. The second-order valence-corrected chi connectivity index (χ2v) is 6.58. The van der Waals surface area contributed by atoms with Crippen molar-refractivity contribution in [2.75, 3.05) is 24.6 Å². The Morgan fingerprint density at radius 2 is 2.06 bits per heavy atom. The van der Waals surface area contributed by atoms with E-state index in [4.69, 9.17) is 0 Å². The maximum atomic E-state index is 11.2. The van der Waals surface area contributed by atoms with Crippen molar-refractivity contribution >= 4 is 15.7 Å². The molecule has 0 aromatic rings. The molecular weight excluding hydrogens is 228 g/mol. The Bertz CT molecular complexity index is 323. The van der Waals surface area contributed by atoms with Crippen LogP contribution in [-0.2, 0) is 14.6 Å². The van der Waals surface area contributed by atoms with Gasteiger partial charge in [0.25, 0.3) is 0 Å². The maximum absolute atomic E-state index is 11.2. The Morgan fingerprint density at radius 1 is 1.38 bits per heavy atom. The van der Waals surface area contributed by atoms with Crippen molar-refractivity contribution in [1.82, 2.24) is 10.6 Å². The molecule has 0 saturated heterocycles. The fraction of sp³-hybridized carbons (Fsp3) is 0.900. The lowest BCUT2D eigenvalue weighted by Crippen LogP contribution is -2.35. The quantitative estimate of drug-likeness (QED) is 0.577. The van der Waals surface area contributed by atoms with E-state index in [2.05, 4.69) is 10.6 Å². The maximum Gasteiger partial charge on any atom is 0.234 e. The second-order valence-electron chi connectivity index (χ2n) is 4.11. The van der Waals surface area contributed by atoms with Crippen LogP contribution in [0, 0.1) is 0 Å². The molecule has 0 aliphatic heterocycles. The molecule has 1 saturated carbocycles. The van der Waals surface area contributed by atoms with Crippen molar-refractivity contribution in [1.29, 1.82) is 0 Å². The van der Waals surface area contributed by atoms with Crippen LogP contribution in [0.1, 0.15) is 26.2 Å². The third-order valence-corrected chi connectivity index (χ3v) is 4.27. The highest BCUT2D eigenvalue weighted by Gasteiger charge is 2.22. The Labute approximate surface area is 96.9 Å². The van der Waals surface area contributed by atoms with Crippen LogP contribution >= 0.6 is 0 Å². The molecule has 6 heteroatoms. The molecule has 1 aliphatic rings. The van der Waals surface area contributed by atoms with Crippen molar-refractivity contribution in [3.05, 3.63) is 0 Å². The number of amides is 1. The SMILES string of the molecule is CCS(=O)(=O)CCCNCC(=O)NC1CC1. The molecular formula is C10H20N2O3S. The molecule has 1 aliphatic carbocycles. The molecule has 0 heterocycles. The zero-order chi connectivity index (χ0) is 12.0. The van der Waals surface area contributed by atoms with Gasteiger partial charge < -0.3 is 10.6 Å². The Balaban J connectivity index is 1.96. The van der Waals surface area contributed by atoms with Crippen molar-refractivity contribution in [3.63, 3.8) is 0 Å². The Morgan fingerprint density at radius 3 is 2.62 bits per heavy atom. The Hall–Kier alpha value is -0.620. The van der Waals surface area contributed by atoms with Crippen LogP contribution in [0.25, 0.3) is 0 Å². The zero-order valence-corrected chi connectivity index (χ0v) is 10.5. The fourth-order valence-electron chi connectivity index (χ4n) is 1.27. The van der Waals surface area contributed by atoms with Crippen LogP contribution in [0.15, 0.2) is 0 Å². The van der Waals surface area contributed by atoms with Gasteiger partial charge >= 0.3 is 0 Å². The number of hydrogen-bond acceptors (Lipinski definition) is 4. The van der Waals surface area contributed by atoms with E-state index in [1.165, 1.54) is 0 Å². The lowest BCUT2D eigenvalue weighted by molar-refractivity contribution is -0.120. The predicted molar refractivity (Wildman–Crippen MR) is 63.0 cm³/mol. The normalized spacial score (nSPS) is 16.1. The van der Waals surface area contributed by atoms with Gasteiger partial charge in [0.1, 0.15) is 9.84 Å². The summed E-state index contributed by atoms with van der Waals surface area (Å²) in [6, 6.07) is 0.384. The first kappa shape index (κ1) is 13.4. The van der Waals surface area contributed by atoms with Crippen LogP contribution in [0.3, 0.4) is 0 Å². The monoisotopic (exact) mass is 248 g/mol. The number of sulfone groups is 1. The van der Waals surface area contributed by atoms with Gasteiger partial charge in [-0.2, -0.15) is 0 Å². The summed E-state index contributed by atoms with van der Waals surface area (Å²) in [5, 5.41) is 5.79. The van der Waals surface area contributed by atoms with E-state index in [1.807, 2.05) is 0 Å². The first-order valence-corrected chi connectivity index (χ1v) is 7.56. The molecule has 0 bridgehead atoms. The van der Waals surface area contributed by atoms with Crippen LogP contribution in [-0.4, -0.2) is 45.0 Å². The van der Waals surface area contributed by atoms with Gasteiger partial charge in [0.2, 0.25) is 5.91 Å². The van der Waals surface area contributed by atoms with Crippen LogP contribution < -0.4 is 10.6 Å². The lowest BCUT2D eigenvalue weighted by Gasteiger charge is -2.05. The van der Waals surface area contributed by atoms with Crippen molar-refractivity contribution in [3.8, 4) is 0 Å². The number of nitrogens with one attached hydrogen (secondary N) is 2. The van der Waals surface area contributed by atoms with Gasteiger partial charge in [0, 0.05) is 11.8 Å². The van der Waals surface area contributed by atoms with E-state index >= 15 is 0 Å². The molecule has 0 radical (unpaired) electrons. The Kier molecular flexibility index (Phi) is 5.21. The van der Waals surface area contributed by atoms with Gasteiger partial charge in [0.05, 0.1) is 12.3 Å². The third kappa shape index (κ3) is 6.07. The fourth-order valence-corrected chi connectivity index (χ4v) is 2.14. The van der Waals surface area contributed by atoms with Gasteiger partial charge in [-0.3, -0.25) is 4.79 Å². The minimum Gasteiger partial charge on any atom is -0.352 e. The van der Waals surface area contributed by atoms with E-state index in [9.17, 15) is 13.2 Å². The summed E-state index contributed by atoms with van der Waals surface area (Å²) in [6.07, 6.45) is 2.73. The zero-order valence-electron chi connectivity index (χ0n) is 9.66. The summed E-state index contributed by atoms with van der Waals surface area (Å²) < 4.78 is 22.3. The van der Waals surface area contributed by atoms with E-state index < -0.39 is 9.84 Å². The molecule has 94 valence electrons. The number of carbonyl (C=O) groups is 1. The summed E-state index contributed by atoms with van der Waals surface area (Å²) >= 11 is 0. The molecule has 1 rings (SSSR count). The number of rotatable bonds is 8. The lowest BCUT2D eigenvalue weighted by atomic mass is 10.4. The minimum absolute atomic E-state index is 0.000786. The summed E-state index contributed by atoms with van der Waals surface area (Å²) in [7, 11) is -2.87. The van der Waals surface area contributed by atoms with Gasteiger partial charge in [-0.1, -0.05) is 6.92 Å². The highest BCUT2D eigenvalue weighted by Crippen LogP contribution is 2.18. The van der Waals surface area contributed by atoms with Gasteiger partial charge in [-0.25, -0.2) is 8.42 Å². The molecule has 0 aromatic heterocycles. The first-order valence-electron chi connectivity index (χ1n) is 5.74. The molecule has 16 heavy (non-hydrogen) atoms. The van der Waals surface area contributed by atoms with E-state index in [0.29, 0.717) is 19.0 Å². The van der Waals surface area contributed by atoms with Gasteiger partial charge in [-0.05, 0) is 25.8 Å². The summed E-state index contributed by atoms with van der Waals surface area (Å²) in [5.41, 5.74) is 0. The minimum atomic E-state index is -2.87. The molecule has 0 atom stereocenters. The third-order valence-electron chi connectivity index (χ3n) is 2.48. The van der Waals surface area contributed by atoms with Gasteiger partial charge in [-0.15, -0.1) is 0 Å². The number of carbonyl (C=O) groups excluding carboxylic acids is 1. The van der Waals surface area contributed by atoms with Crippen molar-refractivity contribution < 1.29 is 13.2 Å². The topological polar surface area (TPSA) is 75.3 Å². The van der Waals surface area contributed by atoms with E-state index in [-0.39, 0.29) is 24.0 Å². The molecule has 5 nitrogen and oxygen atoms in total. The molecule has 1 fully saturated rings. The summed E-state index contributed by atoms with van der Waals surface area (Å²) in [6.45, 7) is 2.49. The summed E-state index contributed by atoms with van der Waals surface area (Å²) in [5.74, 6) is 0.386. The smallest absolute Gasteiger partial charge is 0.234 e.